The van der Waals surface area contributed by atoms with E-state index in [9.17, 15) is 4.79 Å². The molecule has 3 nitrogen and oxygen atoms in total. The third-order valence-electron chi connectivity index (χ3n) is 3.41. The van der Waals surface area contributed by atoms with Crippen molar-refractivity contribution in [3.63, 3.8) is 0 Å². The fraction of sp³-hybridized carbons (Fsp3) is 0.250. The van der Waals surface area contributed by atoms with Gasteiger partial charge in [-0.15, -0.1) is 11.8 Å². The van der Waals surface area contributed by atoms with Gasteiger partial charge in [-0.1, -0.05) is 35.9 Å². The molecule has 20 heavy (non-hydrogen) atoms. The predicted octanol–water partition coefficient (Wildman–Crippen LogP) is 3.16. The average Bonchev–Trinajstić information content (AvgIpc) is 2.84. The molecule has 0 N–H and O–H groups in total. The van der Waals surface area contributed by atoms with E-state index in [1.165, 1.54) is 11.1 Å². The zero-order valence-corrected chi connectivity index (χ0v) is 12.1. The fourth-order valence-electron chi connectivity index (χ4n) is 2.31. The minimum Gasteiger partial charge on any atom is -0.321 e. The SMILES string of the molecule is Cc1ccc(CN2C(=O)CS[C@H]2c2cccnc2)cc1. The molecule has 1 saturated heterocycles. The molecule has 1 aliphatic heterocycles. The Labute approximate surface area is 123 Å². The van der Waals surface area contributed by atoms with E-state index in [0.717, 1.165) is 5.56 Å². The third-order valence-corrected chi connectivity index (χ3v) is 4.67. The number of pyridine rings is 1. The largest absolute Gasteiger partial charge is 0.321 e. The summed E-state index contributed by atoms with van der Waals surface area (Å²) < 4.78 is 0. The van der Waals surface area contributed by atoms with Crippen molar-refractivity contribution in [3.05, 3.63) is 65.5 Å². The molecule has 1 aromatic carbocycles. The molecule has 1 aromatic heterocycles. The lowest BCUT2D eigenvalue weighted by molar-refractivity contribution is -0.128. The molecule has 0 aliphatic carbocycles. The van der Waals surface area contributed by atoms with Crippen LogP contribution in [0.2, 0.25) is 0 Å². The highest BCUT2D eigenvalue weighted by atomic mass is 32.2. The van der Waals surface area contributed by atoms with Crippen molar-refractivity contribution in [3.8, 4) is 0 Å². The maximum atomic E-state index is 12.1. The molecular formula is C16H16N2OS. The van der Waals surface area contributed by atoms with Crippen molar-refractivity contribution in [1.82, 2.24) is 9.88 Å². The summed E-state index contributed by atoms with van der Waals surface area (Å²) in [6.07, 6.45) is 3.60. The molecule has 1 fully saturated rings. The van der Waals surface area contributed by atoms with Gasteiger partial charge in [-0.2, -0.15) is 0 Å². The normalized spacial score (nSPS) is 18.6. The summed E-state index contributed by atoms with van der Waals surface area (Å²) in [5.41, 5.74) is 3.50. The number of carbonyl (C=O) groups excluding carboxylic acids is 1. The molecule has 2 aromatic rings. The lowest BCUT2D eigenvalue weighted by Crippen LogP contribution is -2.27. The molecule has 1 amide bonds. The highest BCUT2D eigenvalue weighted by Gasteiger charge is 2.32. The molecule has 102 valence electrons. The number of aryl methyl sites for hydroxylation is 1. The first-order valence-electron chi connectivity index (χ1n) is 6.60. The Kier molecular flexibility index (Phi) is 3.74. The van der Waals surface area contributed by atoms with Crippen LogP contribution in [0.25, 0.3) is 0 Å². The van der Waals surface area contributed by atoms with E-state index >= 15 is 0 Å². The molecular weight excluding hydrogens is 268 g/mol. The van der Waals surface area contributed by atoms with Gasteiger partial charge in [-0.3, -0.25) is 9.78 Å². The molecule has 3 rings (SSSR count). The summed E-state index contributed by atoms with van der Waals surface area (Å²) in [5, 5.41) is 0.0810. The van der Waals surface area contributed by atoms with Gasteiger partial charge in [0.15, 0.2) is 0 Å². The van der Waals surface area contributed by atoms with Crippen molar-refractivity contribution in [2.75, 3.05) is 5.75 Å². The number of hydrogen-bond acceptors (Lipinski definition) is 3. The number of thioether (sulfide) groups is 1. The van der Waals surface area contributed by atoms with Crippen molar-refractivity contribution in [2.24, 2.45) is 0 Å². The van der Waals surface area contributed by atoms with Gasteiger partial charge in [0, 0.05) is 24.5 Å². The van der Waals surface area contributed by atoms with E-state index in [-0.39, 0.29) is 11.3 Å². The van der Waals surface area contributed by atoms with Crippen molar-refractivity contribution < 1.29 is 4.79 Å². The van der Waals surface area contributed by atoms with Gasteiger partial charge in [-0.25, -0.2) is 0 Å². The Bertz CT molecular complexity index is 598. The van der Waals surface area contributed by atoms with Crippen molar-refractivity contribution in [1.29, 1.82) is 0 Å². The fourth-order valence-corrected chi connectivity index (χ4v) is 3.48. The number of hydrogen-bond donors (Lipinski definition) is 0. The summed E-state index contributed by atoms with van der Waals surface area (Å²) in [6.45, 7) is 2.73. The van der Waals surface area contributed by atoms with Crippen LogP contribution in [0.4, 0.5) is 0 Å². The molecule has 1 aliphatic rings. The zero-order valence-electron chi connectivity index (χ0n) is 11.3. The Balaban J connectivity index is 1.82. The van der Waals surface area contributed by atoms with Gasteiger partial charge in [0.25, 0.3) is 0 Å². The average molecular weight is 284 g/mol. The number of amides is 1. The molecule has 2 heterocycles. The van der Waals surface area contributed by atoms with Crippen molar-refractivity contribution >= 4 is 17.7 Å². The van der Waals surface area contributed by atoms with E-state index in [4.69, 9.17) is 0 Å². The summed E-state index contributed by atoms with van der Waals surface area (Å²) in [7, 11) is 0. The lowest BCUT2D eigenvalue weighted by Gasteiger charge is -2.24. The molecule has 0 unspecified atom stereocenters. The van der Waals surface area contributed by atoms with Gasteiger partial charge < -0.3 is 4.90 Å². The summed E-state index contributed by atoms with van der Waals surface area (Å²) >= 11 is 1.67. The van der Waals surface area contributed by atoms with Gasteiger partial charge >= 0.3 is 0 Å². The molecule has 0 saturated carbocycles. The van der Waals surface area contributed by atoms with E-state index in [2.05, 4.69) is 36.2 Å². The van der Waals surface area contributed by atoms with E-state index in [1.54, 1.807) is 18.0 Å². The lowest BCUT2D eigenvalue weighted by atomic mass is 10.1. The monoisotopic (exact) mass is 284 g/mol. The van der Waals surface area contributed by atoms with Gasteiger partial charge in [0.05, 0.1) is 5.75 Å². The Morgan fingerprint density at radius 2 is 2.10 bits per heavy atom. The summed E-state index contributed by atoms with van der Waals surface area (Å²) in [5.74, 6) is 0.746. The molecule has 0 radical (unpaired) electrons. The number of rotatable bonds is 3. The number of carbonyl (C=O) groups is 1. The van der Waals surface area contributed by atoms with Crippen LogP contribution >= 0.6 is 11.8 Å². The smallest absolute Gasteiger partial charge is 0.234 e. The van der Waals surface area contributed by atoms with E-state index < -0.39 is 0 Å². The standard InChI is InChI=1S/C16H16N2OS/c1-12-4-6-13(7-5-12)10-18-15(19)11-20-16(18)14-3-2-8-17-9-14/h2-9,16H,10-11H2,1H3/t16-/m0/s1. The maximum absolute atomic E-state index is 12.1. The third kappa shape index (κ3) is 2.70. The topological polar surface area (TPSA) is 33.2 Å². The van der Waals surface area contributed by atoms with Crippen LogP contribution in [0, 0.1) is 6.92 Å². The first-order chi connectivity index (χ1) is 9.74. The number of aromatic nitrogens is 1. The number of nitrogens with zero attached hydrogens (tertiary/aromatic N) is 2. The molecule has 0 spiro atoms. The molecule has 0 bridgehead atoms. The van der Waals surface area contributed by atoms with Gasteiger partial charge in [0.2, 0.25) is 5.91 Å². The zero-order chi connectivity index (χ0) is 13.9. The Hall–Kier alpha value is -1.81. The Morgan fingerprint density at radius 3 is 2.80 bits per heavy atom. The first-order valence-corrected chi connectivity index (χ1v) is 7.65. The molecule has 1 atom stereocenters. The van der Waals surface area contributed by atoms with Crippen LogP contribution < -0.4 is 0 Å². The van der Waals surface area contributed by atoms with Crippen LogP contribution in [0.5, 0.6) is 0 Å². The minimum atomic E-state index is 0.0810. The van der Waals surface area contributed by atoms with Gasteiger partial charge in [0.1, 0.15) is 5.37 Å². The highest BCUT2D eigenvalue weighted by molar-refractivity contribution is 8.00. The Morgan fingerprint density at radius 1 is 1.30 bits per heavy atom. The van der Waals surface area contributed by atoms with E-state index in [1.807, 2.05) is 23.2 Å². The quantitative estimate of drug-likeness (QED) is 0.868. The minimum absolute atomic E-state index is 0.0810. The second-order valence-electron chi connectivity index (χ2n) is 4.96. The second kappa shape index (κ2) is 5.67. The van der Waals surface area contributed by atoms with Crippen LogP contribution in [0.15, 0.2) is 48.8 Å². The maximum Gasteiger partial charge on any atom is 0.234 e. The van der Waals surface area contributed by atoms with Crippen LogP contribution in [0.1, 0.15) is 22.1 Å². The molecule has 4 heteroatoms. The predicted molar refractivity (Wildman–Crippen MR) is 81.2 cm³/mol. The van der Waals surface area contributed by atoms with Gasteiger partial charge in [-0.05, 0) is 18.6 Å². The van der Waals surface area contributed by atoms with Crippen LogP contribution in [-0.4, -0.2) is 21.5 Å². The van der Waals surface area contributed by atoms with E-state index in [0.29, 0.717) is 12.3 Å². The first kappa shape index (κ1) is 13.2. The highest BCUT2D eigenvalue weighted by Crippen LogP contribution is 2.39. The second-order valence-corrected chi connectivity index (χ2v) is 6.03. The number of benzene rings is 1. The summed E-state index contributed by atoms with van der Waals surface area (Å²) in [6, 6.07) is 12.3. The van der Waals surface area contributed by atoms with Crippen LogP contribution in [0.3, 0.4) is 0 Å². The van der Waals surface area contributed by atoms with Crippen LogP contribution in [-0.2, 0) is 11.3 Å². The summed E-state index contributed by atoms with van der Waals surface area (Å²) in [4.78, 5) is 18.2. The van der Waals surface area contributed by atoms with Crippen molar-refractivity contribution in [2.45, 2.75) is 18.8 Å².